The van der Waals surface area contributed by atoms with Gasteiger partial charge in [-0.05, 0) is 66.0 Å². The zero-order valence-corrected chi connectivity index (χ0v) is 14.1. The Bertz CT molecular complexity index is 659. The Hall–Kier alpha value is -1.26. The van der Waals surface area contributed by atoms with Gasteiger partial charge in [-0.2, -0.15) is 0 Å². The molecule has 2 rings (SSSR count). The van der Waals surface area contributed by atoms with Crippen LogP contribution in [0, 0.1) is 20.8 Å². The Morgan fingerprint density at radius 3 is 2.30 bits per heavy atom. The SMILES string of the molecule is Cc1cc(C)c(NC(=O)c2cc(S)ccc2Br)c(C)c1. The van der Waals surface area contributed by atoms with Gasteiger partial charge in [-0.1, -0.05) is 17.7 Å². The molecule has 0 aromatic heterocycles. The normalized spacial score (nSPS) is 10.4. The second-order valence-electron chi connectivity index (χ2n) is 4.89. The number of thiol groups is 1. The molecular formula is C16H16BrNOS. The molecule has 0 radical (unpaired) electrons. The second kappa shape index (κ2) is 6.02. The molecule has 0 atom stereocenters. The van der Waals surface area contributed by atoms with Gasteiger partial charge in [-0.25, -0.2) is 0 Å². The quantitative estimate of drug-likeness (QED) is 0.740. The Kier molecular flexibility index (Phi) is 4.55. The van der Waals surface area contributed by atoms with Crippen LogP contribution >= 0.6 is 28.6 Å². The standard InChI is InChI=1S/C16H16BrNOS/c1-9-6-10(2)15(11(3)7-9)18-16(19)13-8-12(20)4-5-14(13)17/h4-8,20H,1-3H3,(H,18,19). The molecular weight excluding hydrogens is 334 g/mol. The average Bonchev–Trinajstić information content (AvgIpc) is 2.36. The van der Waals surface area contributed by atoms with Crippen molar-refractivity contribution in [3.8, 4) is 0 Å². The van der Waals surface area contributed by atoms with Gasteiger partial charge in [0.25, 0.3) is 5.91 Å². The van der Waals surface area contributed by atoms with E-state index in [0.29, 0.717) is 5.56 Å². The third-order valence-corrected chi connectivity index (χ3v) is 4.08. The van der Waals surface area contributed by atoms with E-state index in [0.717, 1.165) is 26.2 Å². The molecule has 20 heavy (non-hydrogen) atoms. The smallest absolute Gasteiger partial charge is 0.256 e. The maximum atomic E-state index is 12.4. The Labute approximate surface area is 133 Å². The highest BCUT2D eigenvalue weighted by molar-refractivity contribution is 9.10. The van der Waals surface area contributed by atoms with Crippen LogP contribution in [-0.4, -0.2) is 5.91 Å². The summed E-state index contributed by atoms with van der Waals surface area (Å²) in [5.41, 5.74) is 4.77. The van der Waals surface area contributed by atoms with E-state index in [1.807, 2.05) is 32.9 Å². The van der Waals surface area contributed by atoms with Crippen molar-refractivity contribution in [1.82, 2.24) is 0 Å². The van der Waals surface area contributed by atoms with Crippen molar-refractivity contribution in [2.75, 3.05) is 5.32 Å². The number of nitrogens with one attached hydrogen (secondary N) is 1. The Morgan fingerprint density at radius 1 is 1.10 bits per heavy atom. The Balaban J connectivity index is 2.35. The molecule has 0 fully saturated rings. The van der Waals surface area contributed by atoms with Gasteiger partial charge in [-0.15, -0.1) is 12.6 Å². The fraction of sp³-hybridized carbons (Fsp3) is 0.188. The lowest BCUT2D eigenvalue weighted by molar-refractivity contribution is 0.102. The highest BCUT2D eigenvalue weighted by atomic mass is 79.9. The minimum Gasteiger partial charge on any atom is -0.321 e. The van der Waals surface area contributed by atoms with Crippen LogP contribution in [0.15, 0.2) is 39.7 Å². The summed E-state index contributed by atoms with van der Waals surface area (Å²) in [6.07, 6.45) is 0. The molecule has 2 aromatic rings. The number of hydrogen-bond donors (Lipinski definition) is 2. The first-order valence-corrected chi connectivity index (χ1v) is 7.50. The van der Waals surface area contributed by atoms with Gasteiger partial charge < -0.3 is 5.32 Å². The third kappa shape index (κ3) is 3.25. The molecule has 2 aromatic carbocycles. The van der Waals surface area contributed by atoms with Crippen molar-refractivity contribution < 1.29 is 4.79 Å². The predicted molar refractivity (Wildman–Crippen MR) is 90.0 cm³/mol. The molecule has 0 saturated carbocycles. The molecule has 104 valence electrons. The van der Waals surface area contributed by atoms with Crippen molar-refractivity contribution in [1.29, 1.82) is 0 Å². The monoisotopic (exact) mass is 349 g/mol. The van der Waals surface area contributed by atoms with Crippen molar-refractivity contribution in [3.05, 3.63) is 57.1 Å². The van der Waals surface area contributed by atoms with E-state index >= 15 is 0 Å². The molecule has 4 heteroatoms. The summed E-state index contributed by atoms with van der Waals surface area (Å²) in [5.74, 6) is -0.136. The summed E-state index contributed by atoms with van der Waals surface area (Å²) < 4.78 is 0.759. The van der Waals surface area contributed by atoms with Crippen LogP contribution in [0.5, 0.6) is 0 Å². The lowest BCUT2D eigenvalue weighted by Gasteiger charge is -2.13. The van der Waals surface area contributed by atoms with Crippen molar-refractivity contribution in [2.45, 2.75) is 25.7 Å². The summed E-state index contributed by atoms with van der Waals surface area (Å²) in [6.45, 7) is 6.05. The fourth-order valence-corrected chi connectivity index (χ4v) is 2.88. The molecule has 0 aliphatic heterocycles. The summed E-state index contributed by atoms with van der Waals surface area (Å²) in [7, 11) is 0. The van der Waals surface area contributed by atoms with E-state index in [4.69, 9.17) is 0 Å². The minimum absolute atomic E-state index is 0.136. The molecule has 2 nitrogen and oxygen atoms in total. The fourth-order valence-electron chi connectivity index (χ4n) is 2.25. The lowest BCUT2D eigenvalue weighted by Crippen LogP contribution is -2.14. The minimum atomic E-state index is -0.136. The molecule has 1 amide bonds. The first kappa shape index (κ1) is 15.1. The van der Waals surface area contributed by atoms with E-state index < -0.39 is 0 Å². The van der Waals surface area contributed by atoms with Crippen LogP contribution in [0.4, 0.5) is 5.69 Å². The number of benzene rings is 2. The first-order valence-electron chi connectivity index (χ1n) is 6.26. The maximum absolute atomic E-state index is 12.4. The Morgan fingerprint density at radius 2 is 1.70 bits per heavy atom. The zero-order chi connectivity index (χ0) is 14.9. The summed E-state index contributed by atoms with van der Waals surface area (Å²) in [5, 5.41) is 2.99. The van der Waals surface area contributed by atoms with Gasteiger partial charge in [0.05, 0.1) is 5.56 Å². The van der Waals surface area contributed by atoms with Gasteiger partial charge in [-0.3, -0.25) is 4.79 Å². The third-order valence-electron chi connectivity index (χ3n) is 3.11. The van der Waals surface area contributed by atoms with Crippen molar-refractivity contribution in [3.63, 3.8) is 0 Å². The largest absolute Gasteiger partial charge is 0.321 e. The number of rotatable bonds is 2. The zero-order valence-electron chi connectivity index (χ0n) is 11.6. The topological polar surface area (TPSA) is 29.1 Å². The van der Waals surface area contributed by atoms with Crippen LogP contribution in [0.25, 0.3) is 0 Å². The van der Waals surface area contributed by atoms with Crippen LogP contribution in [0.2, 0.25) is 0 Å². The van der Waals surface area contributed by atoms with E-state index in [9.17, 15) is 4.79 Å². The number of halogens is 1. The number of carbonyl (C=O) groups excluding carboxylic acids is 1. The molecule has 0 bridgehead atoms. The molecule has 0 aliphatic rings. The number of aryl methyl sites for hydroxylation is 3. The molecule has 0 aliphatic carbocycles. The van der Waals surface area contributed by atoms with E-state index in [-0.39, 0.29) is 5.91 Å². The summed E-state index contributed by atoms with van der Waals surface area (Å²) in [4.78, 5) is 13.2. The number of amides is 1. The predicted octanol–water partition coefficient (Wildman–Crippen LogP) is 4.92. The lowest BCUT2D eigenvalue weighted by atomic mass is 10.0. The van der Waals surface area contributed by atoms with E-state index in [2.05, 4.69) is 46.0 Å². The van der Waals surface area contributed by atoms with Crippen LogP contribution in [-0.2, 0) is 0 Å². The highest BCUT2D eigenvalue weighted by Gasteiger charge is 2.13. The van der Waals surface area contributed by atoms with Crippen molar-refractivity contribution >= 4 is 40.2 Å². The van der Waals surface area contributed by atoms with E-state index in [1.165, 1.54) is 5.56 Å². The van der Waals surface area contributed by atoms with E-state index in [1.54, 1.807) is 6.07 Å². The first-order chi connectivity index (χ1) is 9.38. The van der Waals surface area contributed by atoms with Gasteiger partial charge in [0.15, 0.2) is 0 Å². The number of anilines is 1. The van der Waals surface area contributed by atoms with Crippen LogP contribution < -0.4 is 5.32 Å². The van der Waals surface area contributed by atoms with Crippen molar-refractivity contribution in [2.24, 2.45) is 0 Å². The van der Waals surface area contributed by atoms with Crippen LogP contribution in [0.1, 0.15) is 27.0 Å². The van der Waals surface area contributed by atoms with Gasteiger partial charge in [0.1, 0.15) is 0 Å². The van der Waals surface area contributed by atoms with Gasteiger partial charge >= 0.3 is 0 Å². The molecule has 0 unspecified atom stereocenters. The number of hydrogen-bond acceptors (Lipinski definition) is 2. The molecule has 1 N–H and O–H groups in total. The van der Waals surface area contributed by atoms with Gasteiger partial charge in [0, 0.05) is 15.1 Å². The maximum Gasteiger partial charge on any atom is 0.256 e. The number of carbonyl (C=O) groups is 1. The highest BCUT2D eigenvalue weighted by Crippen LogP contribution is 2.25. The van der Waals surface area contributed by atoms with Crippen LogP contribution in [0.3, 0.4) is 0 Å². The molecule has 0 saturated heterocycles. The summed E-state index contributed by atoms with van der Waals surface area (Å²) >= 11 is 7.67. The average molecular weight is 350 g/mol. The van der Waals surface area contributed by atoms with Gasteiger partial charge in [0.2, 0.25) is 0 Å². The summed E-state index contributed by atoms with van der Waals surface area (Å²) in [6, 6.07) is 9.54. The molecule has 0 heterocycles. The molecule has 0 spiro atoms. The second-order valence-corrected chi connectivity index (χ2v) is 6.26.